The number of rotatable bonds is 5. The van der Waals surface area contributed by atoms with Gasteiger partial charge in [-0.25, -0.2) is 0 Å². The Morgan fingerprint density at radius 3 is 2.70 bits per heavy atom. The van der Waals surface area contributed by atoms with Crippen molar-refractivity contribution in [3.63, 3.8) is 0 Å². The molecule has 0 amide bonds. The fourth-order valence-electron chi connectivity index (χ4n) is 2.03. The SMILES string of the molecule is CC[C@@H](Cc1ccc2occc2c1)N[S@@+]([O-])C(C)(C)C. The first-order chi connectivity index (χ1) is 9.40. The maximum absolute atomic E-state index is 12.2. The number of furan rings is 1. The summed E-state index contributed by atoms with van der Waals surface area (Å²) in [6.45, 7) is 8.08. The second-order valence-electron chi connectivity index (χ2n) is 6.10. The standard InChI is InChI=1S/C16H23NO2S/c1-5-14(17-20(18)16(2,3)4)11-12-6-7-15-13(10-12)8-9-19-15/h6-10,14,17H,5,11H2,1-4H3/t14-,20-/m0/s1. The first-order valence-corrected chi connectivity index (χ1v) is 8.19. The van der Waals surface area contributed by atoms with E-state index in [1.165, 1.54) is 5.56 Å². The van der Waals surface area contributed by atoms with Crippen LogP contribution in [-0.4, -0.2) is 15.3 Å². The Kier molecular flexibility index (Phi) is 4.78. The van der Waals surface area contributed by atoms with Crippen LogP contribution in [0.25, 0.3) is 11.0 Å². The summed E-state index contributed by atoms with van der Waals surface area (Å²) < 4.78 is 20.5. The molecule has 0 bridgehead atoms. The fourth-order valence-corrected chi connectivity index (χ4v) is 2.93. The van der Waals surface area contributed by atoms with Crippen molar-refractivity contribution < 1.29 is 8.97 Å². The molecule has 0 radical (unpaired) electrons. The summed E-state index contributed by atoms with van der Waals surface area (Å²) in [6.07, 6.45) is 3.53. The van der Waals surface area contributed by atoms with Crippen LogP contribution in [0.1, 0.15) is 39.7 Å². The molecule has 1 aromatic heterocycles. The van der Waals surface area contributed by atoms with E-state index in [2.05, 4.69) is 23.8 Å². The molecule has 0 spiro atoms. The zero-order chi connectivity index (χ0) is 14.8. The van der Waals surface area contributed by atoms with Gasteiger partial charge in [-0.2, -0.15) is 0 Å². The fraction of sp³-hybridized carbons (Fsp3) is 0.500. The lowest BCUT2D eigenvalue weighted by atomic mass is 10.0. The van der Waals surface area contributed by atoms with Gasteiger partial charge >= 0.3 is 0 Å². The highest BCUT2D eigenvalue weighted by Crippen LogP contribution is 2.20. The number of nitrogens with one attached hydrogen (secondary N) is 1. The topological polar surface area (TPSA) is 48.2 Å². The smallest absolute Gasteiger partial charge is 0.136 e. The van der Waals surface area contributed by atoms with E-state index < -0.39 is 11.4 Å². The van der Waals surface area contributed by atoms with Gasteiger partial charge in [-0.05, 0) is 57.4 Å². The van der Waals surface area contributed by atoms with Crippen LogP contribution in [0.3, 0.4) is 0 Å². The molecule has 0 unspecified atom stereocenters. The molecular formula is C16H23NO2S. The van der Waals surface area contributed by atoms with E-state index in [1.807, 2.05) is 32.9 Å². The van der Waals surface area contributed by atoms with Gasteiger partial charge < -0.3 is 8.97 Å². The van der Waals surface area contributed by atoms with Crippen LogP contribution in [0.5, 0.6) is 0 Å². The third kappa shape index (κ3) is 3.78. The first-order valence-electron chi connectivity index (χ1n) is 7.04. The first kappa shape index (κ1) is 15.4. The lowest BCUT2D eigenvalue weighted by Gasteiger charge is -2.27. The zero-order valence-corrected chi connectivity index (χ0v) is 13.4. The molecule has 0 aliphatic rings. The molecule has 3 nitrogen and oxygen atoms in total. The van der Waals surface area contributed by atoms with Crippen molar-refractivity contribution >= 4 is 22.3 Å². The van der Waals surface area contributed by atoms with Crippen LogP contribution in [0.2, 0.25) is 0 Å². The largest absolute Gasteiger partial charge is 0.598 e. The molecule has 1 N–H and O–H groups in total. The van der Waals surface area contributed by atoms with Gasteiger partial charge in [-0.15, -0.1) is 4.72 Å². The Hall–Kier alpha value is -0.970. The van der Waals surface area contributed by atoms with Crippen molar-refractivity contribution in [1.82, 2.24) is 4.72 Å². The molecular weight excluding hydrogens is 270 g/mol. The molecule has 110 valence electrons. The summed E-state index contributed by atoms with van der Waals surface area (Å²) in [7, 11) is 0. The van der Waals surface area contributed by atoms with Crippen LogP contribution >= 0.6 is 0 Å². The van der Waals surface area contributed by atoms with Gasteiger partial charge in [0.25, 0.3) is 0 Å². The molecule has 0 saturated carbocycles. The third-order valence-electron chi connectivity index (χ3n) is 3.32. The minimum atomic E-state index is -1.03. The van der Waals surface area contributed by atoms with Crippen LogP contribution in [-0.2, 0) is 17.8 Å². The van der Waals surface area contributed by atoms with Gasteiger partial charge in [0, 0.05) is 16.7 Å². The van der Waals surface area contributed by atoms with E-state index in [0.29, 0.717) is 0 Å². The van der Waals surface area contributed by atoms with Crippen molar-refractivity contribution in [1.29, 1.82) is 0 Å². The summed E-state index contributed by atoms with van der Waals surface area (Å²) in [4.78, 5) is 0. The Morgan fingerprint density at radius 1 is 1.30 bits per heavy atom. The molecule has 20 heavy (non-hydrogen) atoms. The molecule has 2 atom stereocenters. The van der Waals surface area contributed by atoms with E-state index in [0.717, 1.165) is 23.8 Å². The van der Waals surface area contributed by atoms with Gasteiger partial charge in [0.1, 0.15) is 10.3 Å². The molecule has 0 fully saturated rings. The van der Waals surface area contributed by atoms with Crippen molar-refractivity contribution in [2.24, 2.45) is 0 Å². The summed E-state index contributed by atoms with van der Waals surface area (Å²) in [5.41, 5.74) is 2.15. The number of fused-ring (bicyclic) bond motifs is 1. The van der Waals surface area contributed by atoms with Gasteiger partial charge in [-0.1, -0.05) is 13.0 Å². The monoisotopic (exact) mass is 293 g/mol. The lowest BCUT2D eigenvalue weighted by molar-refractivity contribution is 0.510. The van der Waals surface area contributed by atoms with E-state index in [9.17, 15) is 4.55 Å². The summed E-state index contributed by atoms with van der Waals surface area (Å²) in [5.74, 6) is 0. The maximum Gasteiger partial charge on any atom is 0.136 e. The molecule has 0 aliphatic heterocycles. The molecule has 0 saturated heterocycles. The molecule has 2 aromatic rings. The Morgan fingerprint density at radius 2 is 2.05 bits per heavy atom. The van der Waals surface area contributed by atoms with Crippen molar-refractivity contribution in [3.8, 4) is 0 Å². The predicted octanol–water partition coefficient (Wildman–Crippen LogP) is 3.81. The van der Waals surface area contributed by atoms with E-state index >= 15 is 0 Å². The highest BCUT2D eigenvalue weighted by Gasteiger charge is 2.28. The molecule has 2 rings (SSSR count). The van der Waals surface area contributed by atoms with Gasteiger partial charge in [0.15, 0.2) is 0 Å². The normalized spacial score (nSPS) is 15.4. The van der Waals surface area contributed by atoms with Crippen molar-refractivity contribution in [2.45, 2.75) is 51.3 Å². The highest BCUT2D eigenvalue weighted by atomic mass is 32.2. The average molecular weight is 293 g/mol. The zero-order valence-electron chi connectivity index (χ0n) is 12.6. The van der Waals surface area contributed by atoms with Crippen LogP contribution in [0, 0.1) is 0 Å². The second-order valence-corrected chi connectivity index (χ2v) is 8.10. The predicted molar refractivity (Wildman–Crippen MR) is 85.0 cm³/mol. The Bertz CT molecular complexity index is 559. The molecule has 1 aromatic carbocycles. The number of benzene rings is 1. The van der Waals surface area contributed by atoms with E-state index in [4.69, 9.17) is 4.42 Å². The molecule has 0 aliphatic carbocycles. The quantitative estimate of drug-likeness (QED) is 0.853. The molecule has 1 heterocycles. The van der Waals surface area contributed by atoms with Gasteiger partial charge in [0.05, 0.1) is 12.3 Å². The number of hydrogen-bond donors (Lipinski definition) is 1. The van der Waals surface area contributed by atoms with Crippen LogP contribution < -0.4 is 4.72 Å². The lowest BCUT2D eigenvalue weighted by Crippen LogP contribution is -2.45. The maximum atomic E-state index is 12.2. The minimum Gasteiger partial charge on any atom is -0.598 e. The van der Waals surface area contributed by atoms with E-state index in [1.54, 1.807) is 6.26 Å². The van der Waals surface area contributed by atoms with Crippen LogP contribution in [0.15, 0.2) is 34.9 Å². The van der Waals surface area contributed by atoms with Gasteiger partial charge in [-0.3, -0.25) is 0 Å². The average Bonchev–Trinajstić information content (AvgIpc) is 2.84. The number of hydrogen-bond acceptors (Lipinski definition) is 3. The highest BCUT2D eigenvalue weighted by molar-refractivity contribution is 7.90. The Balaban J connectivity index is 2.05. The van der Waals surface area contributed by atoms with Crippen LogP contribution in [0.4, 0.5) is 0 Å². The summed E-state index contributed by atoms with van der Waals surface area (Å²) in [5, 5.41) is 1.12. The van der Waals surface area contributed by atoms with Crippen molar-refractivity contribution in [3.05, 3.63) is 36.1 Å². The molecule has 4 heteroatoms. The van der Waals surface area contributed by atoms with E-state index in [-0.39, 0.29) is 10.8 Å². The summed E-state index contributed by atoms with van der Waals surface area (Å²) in [6, 6.07) is 8.41. The summed E-state index contributed by atoms with van der Waals surface area (Å²) >= 11 is -1.03. The second kappa shape index (κ2) is 6.20. The van der Waals surface area contributed by atoms with Gasteiger partial charge in [0.2, 0.25) is 0 Å². The Labute approximate surface area is 124 Å². The minimum absolute atomic E-state index is 0.222. The van der Waals surface area contributed by atoms with Crippen molar-refractivity contribution in [2.75, 3.05) is 0 Å². The third-order valence-corrected chi connectivity index (χ3v) is 4.98.